The minimum absolute atomic E-state index is 0.0166. The maximum atomic E-state index is 12.7. The minimum Gasteiger partial charge on any atom is -0.444 e. The molecule has 0 spiro atoms. The van der Waals surface area contributed by atoms with Gasteiger partial charge >= 0.3 is 6.09 Å². The van der Waals surface area contributed by atoms with E-state index in [1.54, 1.807) is 0 Å². The summed E-state index contributed by atoms with van der Waals surface area (Å²) < 4.78 is 12.4. The zero-order valence-electron chi connectivity index (χ0n) is 23.1. The molecular formula is C25H52N2O4Si. The maximum Gasteiger partial charge on any atom is 0.407 e. The van der Waals surface area contributed by atoms with E-state index in [0.29, 0.717) is 24.8 Å². The van der Waals surface area contributed by atoms with Crippen molar-refractivity contribution in [3.8, 4) is 0 Å². The van der Waals surface area contributed by atoms with Gasteiger partial charge in [-0.1, -0.05) is 55.4 Å². The van der Waals surface area contributed by atoms with Crippen LogP contribution in [0.25, 0.3) is 0 Å². The Bertz CT molecular complexity index is 592. The maximum absolute atomic E-state index is 12.7. The van der Waals surface area contributed by atoms with Crippen molar-refractivity contribution in [2.24, 2.45) is 17.8 Å². The molecule has 0 saturated carbocycles. The molecule has 0 aliphatic carbocycles. The van der Waals surface area contributed by atoms with E-state index >= 15 is 0 Å². The largest absolute Gasteiger partial charge is 0.444 e. The van der Waals surface area contributed by atoms with Gasteiger partial charge in [0, 0.05) is 12.5 Å². The molecular weight excluding hydrogens is 420 g/mol. The van der Waals surface area contributed by atoms with Gasteiger partial charge in [-0.05, 0) is 63.6 Å². The van der Waals surface area contributed by atoms with Crippen LogP contribution in [0, 0.1) is 17.8 Å². The quantitative estimate of drug-likeness (QED) is 0.355. The van der Waals surface area contributed by atoms with Gasteiger partial charge in [0.2, 0.25) is 5.91 Å². The van der Waals surface area contributed by atoms with Gasteiger partial charge in [0.05, 0.1) is 12.1 Å². The Hall–Kier alpha value is -1.08. The van der Waals surface area contributed by atoms with Crippen LogP contribution in [0.4, 0.5) is 4.79 Å². The zero-order chi connectivity index (χ0) is 25.5. The van der Waals surface area contributed by atoms with E-state index in [2.05, 4.69) is 72.2 Å². The average molecular weight is 473 g/mol. The number of rotatable bonds is 11. The Morgan fingerprint density at radius 3 is 1.81 bits per heavy atom. The lowest BCUT2D eigenvalue weighted by Crippen LogP contribution is -2.53. The summed E-state index contributed by atoms with van der Waals surface area (Å²) in [5.74, 6) is 0.556. The molecule has 0 bridgehead atoms. The third kappa shape index (κ3) is 12.2. The van der Waals surface area contributed by atoms with Gasteiger partial charge in [-0.15, -0.1) is 0 Å². The van der Waals surface area contributed by atoms with Crippen molar-refractivity contribution in [1.82, 2.24) is 10.6 Å². The number of carbonyl (C=O) groups excluding carboxylic acids is 2. The molecule has 0 unspecified atom stereocenters. The number of alkyl carbamates (subject to hydrolysis) is 1. The molecule has 0 aromatic rings. The predicted molar refractivity (Wildman–Crippen MR) is 136 cm³/mol. The van der Waals surface area contributed by atoms with Crippen LogP contribution >= 0.6 is 0 Å². The van der Waals surface area contributed by atoms with Gasteiger partial charge in [0.25, 0.3) is 0 Å². The van der Waals surface area contributed by atoms with Crippen molar-refractivity contribution in [2.75, 3.05) is 6.54 Å². The number of hydrogen-bond acceptors (Lipinski definition) is 4. The first-order chi connectivity index (χ1) is 14.2. The van der Waals surface area contributed by atoms with Crippen LogP contribution in [-0.4, -0.2) is 44.6 Å². The summed E-state index contributed by atoms with van der Waals surface area (Å²) in [6.45, 7) is 27.6. The van der Waals surface area contributed by atoms with E-state index in [-0.39, 0.29) is 29.0 Å². The first-order valence-corrected chi connectivity index (χ1v) is 15.1. The number of hydrogen-bond donors (Lipinski definition) is 2. The Kier molecular flexibility index (Phi) is 12.0. The van der Waals surface area contributed by atoms with Crippen LogP contribution in [0.1, 0.15) is 89.0 Å². The van der Waals surface area contributed by atoms with Gasteiger partial charge in [0.15, 0.2) is 8.32 Å². The Morgan fingerprint density at radius 2 is 1.41 bits per heavy atom. The molecule has 0 rings (SSSR count). The molecule has 0 saturated heterocycles. The summed E-state index contributed by atoms with van der Waals surface area (Å²) in [5, 5.41) is 6.13. The van der Waals surface area contributed by atoms with E-state index in [1.165, 1.54) is 0 Å². The fourth-order valence-electron chi connectivity index (χ4n) is 3.05. The van der Waals surface area contributed by atoms with Crippen LogP contribution in [0.15, 0.2) is 0 Å². The smallest absolute Gasteiger partial charge is 0.407 e. The molecule has 190 valence electrons. The third-order valence-corrected chi connectivity index (χ3v) is 10.4. The summed E-state index contributed by atoms with van der Waals surface area (Å²) in [5.41, 5.74) is -0.577. The predicted octanol–water partition coefficient (Wildman–Crippen LogP) is 6.11. The van der Waals surface area contributed by atoms with Gasteiger partial charge in [-0.3, -0.25) is 4.79 Å². The second-order valence-electron chi connectivity index (χ2n) is 12.6. The second-order valence-corrected chi connectivity index (χ2v) is 17.3. The van der Waals surface area contributed by atoms with Crippen molar-refractivity contribution >= 4 is 20.3 Å². The number of nitrogens with one attached hydrogen (secondary N) is 2. The number of amides is 2. The molecule has 6 nitrogen and oxygen atoms in total. The first kappa shape index (κ1) is 30.9. The molecule has 0 aliphatic rings. The summed E-state index contributed by atoms with van der Waals surface area (Å²) in [6, 6.07) is -0.237. The Morgan fingerprint density at radius 1 is 0.875 bits per heavy atom. The molecule has 0 heterocycles. The van der Waals surface area contributed by atoms with Crippen molar-refractivity contribution in [1.29, 1.82) is 0 Å². The van der Waals surface area contributed by atoms with E-state index in [1.807, 2.05) is 27.7 Å². The number of ether oxygens (including phenoxy) is 1. The van der Waals surface area contributed by atoms with Gasteiger partial charge in [0.1, 0.15) is 5.60 Å². The Balaban J connectivity index is 5.82. The van der Waals surface area contributed by atoms with Gasteiger partial charge < -0.3 is 19.8 Å². The SMILES string of the molecule is CC(C)CNC(=O)[C@H](C)C[C@H](O[Si](C)(C)C(C)(C)C)[C@H](CC(C)C)NC(=O)OC(C)(C)C. The standard InChI is InChI=1S/C25H52N2O4Si/c1-17(2)14-20(27-23(29)30-24(6,7)8)21(31-32(12,13)25(9,10)11)15-19(5)22(28)26-16-18(3)4/h17-21H,14-16H2,1-13H3,(H,26,28)(H,27,29)/t19-,20+,21+/m1/s1. The van der Waals surface area contributed by atoms with E-state index < -0.39 is 20.0 Å². The highest BCUT2D eigenvalue weighted by Gasteiger charge is 2.42. The molecule has 0 fully saturated rings. The van der Waals surface area contributed by atoms with E-state index in [0.717, 1.165) is 6.42 Å². The highest BCUT2D eigenvalue weighted by Crippen LogP contribution is 2.38. The summed E-state index contributed by atoms with van der Waals surface area (Å²) in [7, 11) is -2.14. The molecule has 2 N–H and O–H groups in total. The van der Waals surface area contributed by atoms with Crippen molar-refractivity contribution in [3.05, 3.63) is 0 Å². The van der Waals surface area contributed by atoms with E-state index in [9.17, 15) is 9.59 Å². The minimum atomic E-state index is -2.14. The fourth-order valence-corrected chi connectivity index (χ4v) is 4.43. The highest BCUT2D eigenvalue weighted by molar-refractivity contribution is 6.74. The molecule has 7 heteroatoms. The topological polar surface area (TPSA) is 76.7 Å². The van der Waals surface area contributed by atoms with Crippen molar-refractivity contribution < 1.29 is 18.8 Å². The molecule has 0 radical (unpaired) electrons. The van der Waals surface area contributed by atoms with Crippen LogP contribution < -0.4 is 10.6 Å². The van der Waals surface area contributed by atoms with Crippen molar-refractivity contribution in [2.45, 2.75) is 125 Å². The van der Waals surface area contributed by atoms with E-state index in [4.69, 9.17) is 9.16 Å². The van der Waals surface area contributed by atoms with Crippen LogP contribution in [-0.2, 0) is 14.0 Å². The average Bonchev–Trinajstić information content (AvgIpc) is 2.54. The molecule has 32 heavy (non-hydrogen) atoms. The summed E-state index contributed by atoms with van der Waals surface area (Å²) in [6.07, 6.45) is 0.581. The lowest BCUT2D eigenvalue weighted by Gasteiger charge is -2.42. The summed E-state index contributed by atoms with van der Waals surface area (Å²) >= 11 is 0. The fraction of sp³-hybridized carbons (Fsp3) is 0.920. The molecule has 2 amide bonds. The zero-order valence-corrected chi connectivity index (χ0v) is 24.1. The second kappa shape index (κ2) is 12.4. The first-order valence-electron chi connectivity index (χ1n) is 12.2. The van der Waals surface area contributed by atoms with Crippen molar-refractivity contribution in [3.63, 3.8) is 0 Å². The normalized spacial score (nSPS) is 16.0. The Labute approximate surface area is 199 Å². The van der Waals surface area contributed by atoms with Crippen LogP contribution in [0.5, 0.6) is 0 Å². The van der Waals surface area contributed by atoms with Crippen LogP contribution in [0.2, 0.25) is 18.1 Å². The lowest BCUT2D eigenvalue weighted by atomic mass is 9.92. The molecule has 0 aliphatic heterocycles. The number of carbonyl (C=O) groups is 2. The molecule has 3 atom stereocenters. The van der Waals surface area contributed by atoms with Gasteiger partial charge in [-0.25, -0.2) is 4.79 Å². The molecule has 0 aromatic heterocycles. The van der Waals surface area contributed by atoms with Crippen LogP contribution in [0.3, 0.4) is 0 Å². The molecule has 0 aromatic carbocycles. The third-order valence-electron chi connectivity index (χ3n) is 5.85. The monoisotopic (exact) mass is 472 g/mol. The lowest BCUT2D eigenvalue weighted by molar-refractivity contribution is -0.125. The summed E-state index contributed by atoms with van der Waals surface area (Å²) in [4.78, 5) is 25.4. The van der Waals surface area contributed by atoms with Gasteiger partial charge in [-0.2, -0.15) is 0 Å². The highest BCUT2D eigenvalue weighted by atomic mass is 28.4.